The average molecular weight is 495 g/mol. The third kappa shape index (κ3) is 9.85. The number of para-hydroxylation sites is 1. The second-order valence-electron chi connectivity index (χ2n) is 7.91. The number of hydrogen-bond donors (Lipinski definition) is 3. The topological polar surface area (TPSA) is 120 Å². The number of nitrogens with one attached hydrogen (secondary N) is 3. The highest BCUT2D eigenvalue weighted by Crippen LogP contribution is 2.19. The Morgan fingerprint density at radius 3 is 2.17 bits per heavy atom. The van der Waals surface area contributed by atoms with Gasteiger partial charge >= 0.3 is 6.01 Å². The van der Waals surface area contributed by atoms with E-state index in [-0.39, 0.29) is 18.0 Å². The number of aromatic nitrogens is 3. The second-order valence-corrected chi connectivity index (χ2v) is 7.91. The Bertz CT molecular complexity index is 1040. The van der Waals surface area contributed by atoms with Crippen LogP contribution in [0.25, 0.3) is 0 Å². The van der Waals surface area contributed by atoms with Crippen molar-refractivity contribution in [1.82, 2.24) is 20.3 Å². The van der Waals surface area contributed by atoms with E-state index in [0.29, 0.717) is 62.7 Å². The molecule has 10 heteroatoms. The zero-order valence-corrected chi connectivity index (χ0v) is 20.8. The van der Waals surface area contributed by atoms with Crippen LogP contribution in [0.3, 0.4) is 0 Å². The van der Waals surface area contributed by atoms with Crippen molar-refractivity contribution in [3.05, 3.63) is 66.2 Å². The van der Waals surface area contributed by atoms with Gasteiger partial charge in [-0.15, -0.1) is 0 Å². The lowest BCUT2D eigenvalue weighted by atomic mass is 10.2. The molecule has 0 saturated carbocycles. The number of nitrogens with zero attached hydrogens (tertiary/aromatic N) is 3. The minimum atomic E-state index is -0.111. The van der Waals surface area contributed by atoms with Crippen molar-refractivity contribution < 1.29 is 19.0 Å². The van der Waals surface area contributed by atoms with Gasteiger partial charge in [-0.3, -0.25) is 4.79 Å². The predicted molar refractivity (Wildman–Crippen MR) is 139 cm³/mol. The van der Waals surface area contributed by atoms with E-state index in [0.717, 1.165) is 6.42 Å². The first-order valence-corrected chi connectivity index (χ1v) is 12.1. The van der Waals surface area contributed by atoms with E-state index in [1.807, 2.05) is 48.5 Å². The van der Waals surface area contributed by atoms with Gasteiger partial charge in [0, 0.05) is 24.7 Å². The summed E-state index contributed by atoms with van der Waals surface area (Å²) in [4.78, 5) is 25.1. The van der Waals surface area contributed by atoms with Crippen LogP contribution in [0.4, 0.5) is 11.9 Å². The molecule has 0 fully saturated rings. The Morgan fingerprint density at radius 2 is 1.47 bits per heavy atom. The average Bonchev–Trinajstić information content (AvgIpc) is 2.90. The van der Waals surface area contributed by atoms with E-state index in [2.05, 4.69) is 44.7 Å². The maximum Gasteiger partial charge on any atom is 0.328 e. The van der Waals surface area contributed by atoms with Crippen molar-refractivity contribution in [2.75, 3.05) is 50.2 Å². The molecule has 3 aromatic rings. The van der Waals surface area contributed by atoms with Gasteiger partial charge in [-0.2, -0.15) is 15.0 Å². The summed E-state index contributed by atoms with van der Waals surface area (Å²) >= 11 is 0. The molecule has 3 N–H and O–H groups in total. The van der Waals surface area contributed by atoms with Gasteiger partial charge in [-0.05, 0) is 37.6 Å². The van der Waals surface area contributed by atoms with Crippen molar-refractivity contribution in [1.29, 1.82) is 0 Å². The molecule has 0 aliphatic carbocycles. The number of ether oxygens (including phenoxy) is 3. The number of carbonyl (C=O) groups excluding carboxylic acids is 1. The molecule has 1 heterocycles. The van der Waals surface area contributed by atoms with E-state index < -0.39 is 0 Å². The van der Waals surface area contributed by atoms with Gasteiger partial charge in [0.25, 0.3) is 5.91 Å². The SMILES string of the molecule is CCC(C)Nc1nc(NCCOCCOCCNC(=O)c2ccccc2)nc(Oc2ccccc2)n1. The van der Waals surface area contributed by atoms with Gasteiger partial charge in [0.2, 0.25) is 11.9 Å². The van der Waals surface area contributed by atoms with Crippen LogP contribution in [-0.4, -0.2) is 66.4 Å². The van der Waals surface area contributed by atoms with E-state index in [9.17, 15) is 4.79 Å². The van der Waals surface area contributed by atoms with Gasteiger partial charge in [-0.1, -0.05) is 43.3 Å². The highest BCUT2D eigenvalue weighted by atomic mass is 16.5. The molecule has 3 rings (SSSR count). The van der Waals surface area contributed by atoms with Crippen molar-refractivity contribution in [2.24, 2.45) is 0 Å². The molecule has 0 aliphatic rings. The Hall–Kier alpha value is -3.76. The minimum absolute atomic E-state index is 0.111. The van der Waals surface area contributed by atoms with Crippen molar-refractivity contribution in [3.8, 4) is 11.8 Å². The molecule has 0 radical (unpaired) electrons. The largest absolute Gasteiger partial charge is 0.424 e. The number of hydrogen-bond acceptors (Lipinski definition) is 9. The highest BCUT2D eigenvalue weighted by Gasteiger charge is 2.10. The van der Waals surface area contributed by atoms with Gasteiger partial charge in [-0.25, -0.2) is 0 Å². The molecule has 2 aromatic carbocycles. The molecule has 0 aliphatic heterocycles. The maximum absolute atomic E-state index is 11.9. The lowest BCUT2D eigenvalue weighted by Gasteiger charge is -2.14. The molecule has 10 nitrogen and oxygen atoms in total. The summed E-state index contributed by atoms with van der Waals surface area (Å²) in [6.45, 7) is 6.83. The Labute approximate surface area is 211 Å². The molecule has 1 unspecified atom stereocenters. The second kappa shape index (κ2) is 15.3. The third-order valence-electron chi connectivity index (χ3n) is 5.02. The number of rotatable bonds is 16. The minimum Gasteiger partial charge on any atom is -0.424 e. The normalized spacial score (nSPS) is 11.5. The summed E-state index contributed by atoms with van der Waals surface area (Å²) in [6.07, 6.45) is 0.929. The molecule has 0 spiro atoms. The number of amides is 1. The molecular weight excluding hydrogens is 460 g/mol. The maximum atomic E-state index is 11.9. The van der Waals surface area contributed by atoms with Crippen LogP contribution in [0.1, 0.15) is 30.6 Å². The molecule has 192 valence electrons. The molecule has 1 amide bonds. The smallest absolute Gasteiger partial charge is 0.328 e. The first kappa shape index (κ1) is 26.8. The first-order valence-electron chi connectivity index (χ1n) is 12.1. The van der Waals surface area contributed by atoms with Crippen LogP contribution in [0.2, 0.25) is 0 Å². The van der Waals surface area contributed by atoms with Gasteiger partial charge in [0.1, 0.15) is 5.75 Å². The van der Waals surface area contributed by atoms with Crippen LogP contribution in [0, 0.1) is 0 Å². The van der Waals surface area contributed by atoms with E-state index >= 15 is 0 Å². The number of benzene rings is 2. The summed E-state index contributed by atoms with van der Waals surface area (Å²) in [7, 11) is 0. The van der Waals surface area contributed by atoms with Crippen LogP contribution in [0.15, 0.2) is 60.7 Å². The fourth-order valence-electron chi connectivity index (χ4n) is 2.95. The van der Waals surface area contributed by atoms with Crippen molar-refractivity contribution >= 4 is 17.8 Å². The molecule has 1 aromatic heterocycles. The number of anilines is 2. The molecule has 36 heavy (non-hydrogen) atoms. The molecule has 0 bridgehead atoms. The Kier molecular flexibility index (Phi) is 11.4. The first-order chi connectivity index (χ1) is 17.6. The summed E-state index contributed by atoms with van der Waals surface area (Å²) < 4.78 is 16.9. The quantitative estimate of drug-likeness (QED) is 0.256. The molecule has 0 saturated heterocycles. The predicted octanol–water partition coefficient (Wildman–Crippen LogP) is 3.75. The van der Waals surface area contributed by atoms with Gasteiger partial charge < -0.3 is 30.2 Å². The fourth-order valence-corrected chi connectivity index (χ4v) is 2.95. The third-order valence-corrected chi connectivity index (χ3v) is 5.02. The lowest BCUT2D eigenvalue weighted by Crippen LogP contribution is -2.27. The van der Waals surface area contributed by atoms with Crippen LogP contribution >= 0.6 is 0 Å². The van der Waals surface area contributed by atoms with Crippen LogP contribution in [0.5, 0.6) is 11.8 Å². The van der Waals surface area contributed by atoms with Crippen LogP contribution < -0.4 is 20.7 Å². The Morgan fingerprint density at radius 1 is 0.833 bits per heavy atom. The van der Waals surface area contributed by atoms with Crippen molar-refractivity contribution in [3.63, 3.8) is 0 Å². The summed E-state index contributed by atoms with van der Waals surface area (Å²) in [6, 6.07) is 18.9. The van der Waals surface area contributed by atoms with E-state index in [1.165, 1.54) is 0 Å². The van der Waals surface area contributed by atoms with Crippen molar-refractivity contribution in [2.45, 2.75) is 26.3 Å². The summed E-state index contributed by atoms with van der Waals surface area (Å²) in [5.41, 5.74) is 0.632. The highest BCUT2D eigenvalue weighted by molar-refractivity contribution is 5.94. The number of carbonyl (C=O) groups is 1. The van der Waals surface area contributed by atoms with E-state index in [4.69, 9.17) is 14.2 Å². The lowest BCUT2D eigenvalue weighted by molar-refractivity contribution is 0.0519. The molecule has 1 atom stereocenters. The standard InChI is InChI=1S/C26H34N6O4/c1-3-20(2)29-25-30-24(31-26(32-25)36-22-12-8-5-9-13-22)28-15-17-35-19-18-34-16-14-27-23(33)21-10-6-4-7-11-21/h4-13,20H,3,14-19H2,1-2H3,(H,27,33)(H2,28,29,30,31,32). The van der Waals surface area contributed by atoms with Gasteiger partial charge in [0.15, 0.2) is 0 Å². The fraction of sp³-hybridized carbons (Fsp3) is 0.385. The summed E-state index contributed by atoms with van der Waals surface area (Å²) in [5, 5.41) is 9.22. The summed E-state index contributed by atoms with van der Waals surface area (Å²) in [5.74, 6) is 1.38. The zero-order chi connectivity index (χ0) is 25.4. The monoisotopic (exact) mass is 494 g/mol. The van der Waals surface area contributed by atoms with Crippen LogP contribution in [-0.2, 0) is 9.47 Å². The zero-order valence-electron chi connectivity index (χ0n) is 20.8. The van der Waals surface area contributed by atoms with Gasteiger partial charge in [0.05, 0.1) is 26.4 Å². The molecular formula is C26H34N6O4. The van der Waals surface area contributed by atoms with E-state index in [1.54, 1.807) is 12.1 Å². The Balaban J connectivity index is 1.34.